The van der Waals surface area contributed by atoms with Crippen LogP contribution in [0.2, 0.25) is 0 Å². The molecule has 3 N–H and O–H groups in total. The molecule has 0 spiro atoms. The van der Waals surface area contributed by atoms with Crippen LogP contribution in [0, 0.1) is 18.3 Å². The van der Waals surface area contributed by atoms with Gasteiger partial charge in [-0.25, -0.2) is 9.59 Å². The van der Waals surface area contributed by atoms with Gasteiger partial charge in [0, 0.05) is 31.4 Å². The number of alkyl carbamates (subject to hydrolysis) is 1. The predicted octanol–water partition coefficient (Wildman–Crippen LogP) is 2.52. The smallest absolute Gasteiger partial charge is 0.407 e. The van der Waals surface area contributed by atoms with E-state index in [9.17, 15) is 19.5 Å². The number of rotatable bonds is 8. The molecule has 3 atom stereocenters. The first kappa shape index (κ1) is 23.3. The SMILES string of the molecule is C#CCC(NC(=O)OCC1c2ccccc2-c2ccccc21)C(=O)NC[C@H]1CCO[C@H]1C(=O)O. The number of terminal acetylenes is 1. The van der Waals surface area contributed by atoms with Crippen LogP contribution in [0.5, 0.6) is 0 Å². The van der Waals surface area contributed by atoms with Crippen LogP contribution in [0.4, 0.5) is 4.79 Å². The lowest BCUT2D eigenvalue weighted by Gasteiger charge is -2.20. The Balaban J connectivity index is 1.34. The molecule has 2 aromatic rings. The fourth-order valence-corrected chi connectivity index (χ4v) is 4.58. The van der Waals surface area contributed by atoms with Gasteiger partial charge in [0.1, 0.15) is 12.6 Å². The normalized spacial score (nSPS) is 19.4. The second-order valence-electron chi connectivity index (χ2n) is 8.35. The molecular weight excluding hydrogens is 436 g/mol. The Kier molecular flexibility index (Phi) is 7.14. The number of carboxylic acids is 1. The number of hydrogen-bond acceptors (Lipinski definition) is 5. The average molecular weight is 463 g/mol. The first-order valence-electron chi connectivity index (χ1n) is 11.2. The molecule has 1 heterocycles. The lowest BCUT2D eigenvalue weighted by molar-refractivity contribution is -0.149. The Morgan fingerprint density at radius 2 is 1.76 bits per heavy atom. The molecule has 0 bridgehead atoms. The van der Waals surface area contributed by atoms with Gasteiger partial charge in [0.05, 0.1) is 0 Å². The van der Waals surface area contributed by atoms with Gasteiger partial charge in [0.25, 0.3) is 0 Å². The number of benzene rings is 2. The van der Waals surface area contributed by atoms with E-state index in [1.54, 1.807) is 0 Å². The first-order chi connectivity index (χ1) is 16.5. The minimum atomic E-state index is -1.06. The Bertz CT molecular complexity index is 1080. The minimum Gasteiger partial charge on any atom is -0.479 e. The first-order valence-corrected chi connectivity index (χ1v) is 11.2. The molecule has 1 unspecified atom stereocenters. The standard InChI is InChI=1S/C26H26N2O6/c1-2-7-22(24(29)27-14-16-12-13-33-23(16)25(30)31)28-26(32)34-15-21-19-10-5-3-8-17(19)18-9-4-6-11-20(18)21/h1,3-6,8-11,16,21-23H,7,12-15H2,(H,27,29)(H,28,32)(H,30,31)/t16-,22?,23-/m1/s1. The maximum absolute atomic E-state index is 12.6. The van der Waals surface area contributed by atoms with Crippen molar-refractivity contribution in [2.24, 2.45) is 5.92 Å². The molecule has 1 aliphatic heterocycles. The van der Waals surface area contributed by atoms with Crippen LogP contribution < -0.4 is 10.6 Å². The van der Waals surface area contributed by atoms with Crippen molar-refractivity contribution in [3.05, 3.63) is 59.7 Å². The molecule has 2 aliphatic rings. The van der Waals surface area contributed by atoms with Crippen LogP contribution in [0.3, 0.4) is 0 Å². The number of carbonyl (C=O) groups is 3. The number of ether oxygens (including phenoxy) is 2. The molecule has 0 aromatic heterocycles. The average Bonchev–Trinajstić information content (AvgIpc) is 3.44. The zero-order valence-corrected chi connectivity index (χ0v) is 18.5. The van der Waals surface area contributed by atoms with Gasteiger partial charge in [-0.15, -0.1) is 12.3 Å². The number of hydrogen-bond donors (Lipinski definition) is 3. The summed E-state index contributed by atoms with van der Waals surface area (Å²) < 4.78 is 10.7. The summed E-state index contributed by atoms with van der Waals surface area (Å²) in [5.74, 6) is 0.375. The Labute approximate surface area is 197 Å². The fourth-order valence-electron chi connectivity index (χ4n) is 4.58. The van der Waals surface area contributed by atoms with E-state index in [0.29, 0.717) is 13.0 Å². The number of carboxylic acid groups (broad SMARTS) is 1. The zero-order valence-electron chi connectivity index (χ0n) is 18.5. The van der Waals surface area contributed by atoms with E-state index in [2.05, 4.69) is 16.6 Å². The van der Waals surface area contributed by atoms with Gasteiger partial charge >= 0.3 is 12.1 Å². The third-order valence-corrected chi connectivity index (χ3v) is 6.27. The van der Waals surface area contributed by atoms with E-state index >= 15 is 0 Å². The van der Waals surface area contributed by atoms with E-state index in [1.807, 2.05) is 48.5 Å². The van der Waals surface area contributed by atoms with Gasteiger partial charge in [-0.2, -0.15) is 0 Å². The zero-order chi connectivity index (χ0) is 24.1. The van der Waals surface area contributed by atoms with Crippen LogP contribution in [0.25, 0.3) is 11.1 Å². The highest BCUT2D eigenvalue weighted by molar-refractivity contribution is 5.86. The molecule has 1 fully saturated rings. The van der Waals surface area contributed by atoms with Crippen molar-refractivity contribution in [2.75, 3.05) is 19.8 Å². The van der Waals surface area contributed by atoms with Crippen molar-refractivity contribution in [1.82, 2.24) is 10.6 Å². The van der Waals surface area contributed by atoms with Crippen molar-refractivity contribution in [1.29, 1.82) is 0 Å². The van der Waals surface area contributed by atoms with Crippen LogP contribution in [0.15, 0.2) is 48.5 Å². The maximum Gasteiger partial charge on any atom is 0.407 e. The highest BCUT2D eigenvalue weighted by atomic mass is 16.5. The molecule has 34 heavy (non-hydrogen) atoms. The lowest BCUT2D eigenvalue weighted by atomic mass is 9.98. The van der Waals surface area contributed by atoms with Crippen LogP contribution in [-0.2, 0) is 19.1 Å². The molecule has 1 aliphatic carbocycles. The van der Waals surface area contributed by atoms with Crippen LogP contribution >= 0.6 is 0 Å². The van der Waals surface area contributed by atoms with Gasteiger partial charge in [-0.05, 0) is 28.7 Å². The van der Waals surface area contributed by atoms with Gasteiger partial charge in [0.15, 0.2) is 6.10 Å². The summed E-state index contributed by atoms with van der Waals surface area (Å²) in [6, 6.07) is 15.0. The van der Waals surface area contributed by atoms with Crippen molar-refractivity contribution in [3.8, 4) is 23.5 Å². The highest BCUT2D eigenvalue weighted by Gasteiger charge is 2.35. The van der Waals surface area contributed by atoms with Crippen LogP contribution in [0.1, 0.15) is 29.9 Å². The van der Waals surface area contributed by atoms with E-state index in [-0.39, 0.29) is 31.4 Å². The topological polar surface area (TPSA) is 114 Å². The minimum absolute atomic E-state index is 0.0282. The van der Waals surface area contributed by atoms with Crippen LogP contribution in [-0.4, -0.2) is 55.0 Å². The predicted molar refractivity (Wildman–Crippen MR) is 124 cm³/mol. The molecule has 0 saturated carbocycles. The van der Waals surface area contributed by atoms with E-state index in [0.717, 1.165) is 22.3 Å². The van der Waals surface area contributed by atoms with Crippen molar-refractivity contribution >= 4 is 18.0 Å². The summed E-state index contributed by atoms with van der Waals surface area (Å²) in [4.78, 5) is 36.4. The lowest BCUT2D eigenvalue weighted by Crippen LogP contribution is -2.48. The third kappa shape index (κ3) is 4.90. The Morgan fingerprint density at radius 3 is 2.38 bits per heavy atom. The second-order valence-corrected chi connectivity index (χ2v) is 8.35. The second kappa shape index (κ2) is 10.4. The highest BCUT2D eigenvalue weighted by Crippen LogP contribution is 2.44. The quantitative estimate of drug-likeness (QED) is 0.520. The number of nitrogens with one attached hydrogen (secondary N) is 2. The van der Waals surface area contributed by atoms with Gasteiger partial charge in [-0.3, -0.25) is 4.79 Å². The molecule has 2 amide bonds. The van der Waals surface area contributed by atoms with Gasteiger partial charge in [-0.1, -0.05) is 48.5 Å². The van der Waals surface area contributed by atoms with E-state index in [4.69, 9.17) is 15.9 Å². The molecule has 1 saturated heterocycles. The molecule has 0 radical (unpaired) electrons. The molecule has 2 aromatic carbocycles. The van der Waals surface area contributed by atoms with E-state index < -0.39 is 30.1 Å². The number of carbonyl (C=O) groups excluding carboxylic acids is 2. The summed E-state index contributed by atoms with van der Waals surface area (Å²) in [6.07, 6.45) is 4.18. The molecule has 4 rings (SSSR count). The van der Waals surface area contributed by atoms with Crippen molar-refractivity contribution < 1.29 is 29.0 Å². The Hall–Kier alpha value is -3.83. The largest absolute Gasteiger partial charge is 0.479 e. The summed E-state index contributed by atoms with van der Waals surface area (Å²) >= 11 is 0. The monoisotopic (exact) mass is 462 g/mol. The van der Waals surface area contributed by atoms with Gasteiger partial charge in [0.2, 0.25) is 5.91 Å². The molecule has 176 valence electrons. The fraction of sp³-hybridized carbons (Fsp3) is 0.346. The summed E-state index contributed by atoms with van der Waals surface area (Å²) in [5, 5.41) is 14.4. The maximum atomic E-state index is 12.6. The third-order valence-electron chi connectivity index (χ3n) is 6.27. The van der Waals surface area contributed by atoms with E-state index in [1.165, 1.54) is 0 Å². The van der Waals surface area contributed by atoms with Crippen molar-refractivity contribution in [3.63, 3.8) is 0 Å². The molecule has 8 heteroatoms. The Morgan fingerprint density at radius 1 is 1.12 bits per heavy atom. The number of fused-ring (bicyclic) bond motifs is 3. The molecule has 8 nitrogen and oxygen atoms in total. The summed E-state index contributed by atoms with van der Waals surface area (Å²) in [6.45, 7) is 0.552. The molecular formula is C26H26N2O6. The number of amides is 2. The van der Waals surface area contributed by atoms with Crippen molar-refractivity contribution in [2.45, 2.75) is 30.9 Å². The number of aliphatic carboxylic acids is 1. The summed E-state index contributed by atoms with van der Waals surface area (Å²) in [7, 11) is 0. The summed E-state index contributed by atoms with van der Waals surface area (Å²) in [5.41, 5.74) is 4.40. The van der Waals surface area contributed by atoms with Gasteiger partial charge < -0.3 is 25.2 Å².